The van der Waals surface area contributed by atoms with Gasteiger partial charge in [0, 0.05) is 11.4 Å². The van der Waals surface area contributed by atoms with E-state index < -0.39 is 5.91 Å². The summed E-state index contributed by atoms with van der Waals surface area (Å²) in [7, 11) is 1.54. The van der Waals surface area contributed by atoms with E-state index in [-0.39, 0.29) is 5.69 Å². The summed E-state index contributed by atoms with van der Waals surface area (Å²) in [6.07, 6.45) is 2.80. The standard InChI is InChI=1S/C19H14ClN5O2/c1-27-17-6-5-14(8-15(17)20)24-18-11-22-16(10-23-18)19(26)25-13-4-2-3-12(7-13)9-21/h2-8,10-11H,1H3,(H,23,24)(H,25,26). The van der Waals surface area contributed by atoms with Crippen LogP contribution in [0, 0.1) is 11.3 Å². The molecule has 1 amide bonds. The second-order valence-electron chi connectivity index (χ2n) is 5.41. The van der Waals surface area contributed by atoms with E-state index in [2.05, 4.69) is 20.6 Å². The van der Waals surface area contributed by atoms with Crippen LogP contribution in [0.1, 0.15) is 16.1 Å². The Morgan fingerprint density at radius 1 is 1.15 bits per heavy atom. The van der Waals surface area contributed by atoms with Crippen LogP contribution in [0.3, 0.4) is 0 Å². The summed E-state index contributed by atoms with van der Waals surface area (Å²) in [5, 5.41) is 15.1. The molecule has 1 aromatic heterocycles. The van der Waals surface area contributed by atoms with Crippen molar-refractivity contribution >= 4 is 34.7 Å². The maximum Gasteiger partial charge on any atom is 0.275 e. The summed E-state index contributed by atoms with van der Waals surface area (Å²) < 4.78 is 5.11. The zero-order valence-corrected chi connectivity index (χ0v) is 15.0. The summed E-state index contributed by atoms with van der Waals surface area (Å²) in [6, 6.07) is 13.8. The molecular weight excluding hydrogens is 366 g/mol. The number of amides is 1. The van der Waals surface area contributed by atoms with E-state index in [4.69, 9.17) is 21.6 Å². The van der Waals surface area contributed by atoms with Gasteiger partial charge in [0.25, 0.3) is 5.91 Å². The molecule has 2 N–H and O–H groups in total. The smallest absolute Gasteiger partial charge is 0.275 e. The van der Waals surface area contributed by atoms with Gasteiger partial charge in [0.05, 0.1) is 36.2 Å². The zero-order chi connectivity index (χ0) is 19.2. The average molecular weight is 380 g/mol. The predicted octanol–water partition coefficient (Wildman–Crippen LogP) is 4.01. The SMILES string of the molecule is COc1ccc(Nc2cnc(C(=O)Nc3cccc(C#N)c3)cn2)cc1Cl. The number of hydrogen-bond acceptors (Lipinski definition) is 6. The first-order valence-corrected chi connectivity index (χ1v) is 8.21. The summed E-state index contributed by atoms with van der Waals surface area (Å²) in [5.41, 5.74) is 1.82. The molecule has 134 valence electrons. The largest absolute Gasteiger partial charge is 0.495 e. The van der Waals surface area contributed by atoms with Crippen molar-refractivity contribution in [2.75, 3.05) is 17.7 Å². The van der Waals surface area contributed by atoms with Crippen LogP contribution >= 0.6 is 11.6 Å². The van der Waals surface area contributed by atoms with Crippen LogP contribution in [0.2, 0.25) is 5.02 Å². The van der Waals surface area contributed by atoms with Gasteiger partial charge in [0.2, 0.25) is 0 Å². The van der Waals surface area contributed by atoms with Crippen LogP contribution in [0.15, 0.2) is 54.9 Å². The minimum absolute atomic E-state index is 0.149. The molecule has 0 unspecified atom stereocenters. The molecule has 0 radical (unpaired) electrons. The molecule has 2 aromatic carbocycles. The zero-order valence-electron chi connectivity index (χ0n) is 14.2. The quantitative estimate of drug-likeness (QED) is 0.694. The second-order valence-corrected chi connectivity index (χ2v) is 5.82. The van der Waals surface area contributed by atoms with E-state index in [1.807, 2.05) is 6.07 Å². The van der Waals surface area contributed by atoms with E-state index in [9.17, 15) is 4.79 Å². The molecule has 0 atom stereocenters. The molecule has 3 rings (SSSR count). The number of carbonyl (C=O) groups excluding carboxylic acids is 1. The van der Waals surface area contributed by atoms with Crippen LogP contribution in [0.4, 0.5) is 17.2 Å². The Morgan fingerprint density at radius 3 is 2.67 bits per heavy atom. The minimum Gasteiger partial charge on any atom is -0.495 e. The maximum absolute atomic E-state index is 12.3. The topological polar surface area (TPSA) is 99.9 Å². The van der Waals surface area contributed by atoms with Crippen LogP contribution in [0.5, 0.6) is 5.75 Å². The number of benzene rings is 2. The molecule has 0 aliphatic rings. The van der Waals surface area contributed by atoms with Crippen molar-refractivity contribution in [3.05, 3.63) is 71.1 Å². The molecule has 27 heavy (non-hydrogen) atoms. The Hall–Kier alpha value is -3.63. The fourth-order valence-electron chi connectivity index (χ4n) is 2.26. The van der Waals surface area contributed by atoms with Crippen LogP contribution < -0.4 is 15.4 Å². The van der Waals surface area contributed by atoms with Crippen LogP contribution in [-0.4, -0.2) is 23.0 Å². The average Bonchev–Trinajstić information content (AvgIpc) is 2.69. The lowest BCUT2D eigenvalue weighted by atomic mass is 10.2. The van der Waals surface area contributed by atoms with E-state index in [1.54, 1.807) is 49.6 Å². The number of halogens is 1. The highest BCUT2D eigenvalue weighted by Gasteiger charge is 2.09. The van der Waals surface area contributed by atoms with E-state index in [0.717, 1.165) is 0 Å². The maximum atomic E-state index is 12.3. The third kappa shape index (κ3) is 4.51. The predicted molar refractivity (Wildman–Crippen MR) is 102 cm³/mol. The molecule has 8 heteroatoms. The van der Waals surface area contributed by atoms with Gasteiger partial charge in [-0.1, -0.05) is 17.7 Å². The third-order valence-electron chi connectivity index (χ3n) is 3.56. The Morgan fingerprint density at radius 2 is 2.00 bits per heavy atom. The molecule has 0 fully saturated rings. The van der Waals surface area contributed by atoms with Gasteiger partial charge in [-0.2, -0.15) is 5.26 Å². The number of hydrogen-bond donors (Lipinski definition) is 2. The van der Waals surface area contributed by atoms with Crippen molar-refractivity contribution in [1.29, 1.82) is 5.26 Å². The molecule has 0 bridgehead atoms. The van der Waals surface area contributed by atoms with Crippen LogP contribution in [-0.2, 0) is 0 Å². The Kier molecular flexibility index (Phi) is 5.50. The molecule has 0 aliphatic carbocycles. The Bertz CT molecular complexity index is 1020. The first-order valence-electron chi connectivity index (χ1n) is 7.83. The van der Waals surface area contributed by atoms with Crippen molar-refractivity contribution in [3.63, 3.8) is 0 Å². The molecule has 1 heterocycles. The molecule has 0 saturated carbocycles. The number of anilines is 3. The molecule has 0 aliphatic heterocycles. The van der Waals surface area contributed by atoms with Gasteiger partial charge in [0.1, 0.15) is 17.3 Å². The first-order chi connectivity index (χ1) is 13.1. The first kappa shape index (κ1) is 18.2. The third-order valence-corrected chi connectivity index (χ3v) is 3.85. The fraction of sp³-hybridized carbons (Fsp3) is 0.0526. The highest BCUT2D eigenvalue weighted by molar-refractivity contribution is 6.32. The number of carbonyl (C=O) groups is 1. The molecule has 7 nitrogen and oxygen atoms in total. The van der Waals surface area contributed by atoms with Crippen molar-refractivity contribution in [2.24, 2.45) is 0 Å². The van der Waals surface area contributed by atoms with Gasteiger partial charge in [-0.05, 0) is 36.4 Å². The lowest BCUT2D eigenvalue weighted by molar-refractivity contribution is 0.102. The number of nitrogens with zero attached hydrogens (tertiary/aromatic N) is 3. The van der Waals surface area contributed by atoms with Crippen molar-refractivity contribution in [2.45, 2.75) is 0 Å². The lowest BCUT2D eigenvalue weighted by Gasteiger charge is -2.09. The van der Waals surface area contributed by atoms with E-state index in [1.165, 1.54) is 12.4 Å². The number of ether oxygens (including phenoxy) is 1. The number of aromatic nitrogens is 2. The number of rotatable bonds is 5. The highest BCUT2D eigenvalue weighted by Crippen LogP contribution is 2.28. The van der Waals surface area contributed by atoms with Gasteiger partial charge >= 0.3 is 0 Å². The number of methoxy groups -OCH3 is 1. The van der Waals surface area contributed by atoms with Gasteiger partial charge in [0.15, 0.2) is 0 Å². The normalized spacial score (nSPS) is 9.96. The molecular formula is C19H14ClN5O2. The molecule has 0 spiro atoms. The van der Waals surface area contributed by atoms with Gasteiger partial charge in [-0.15, -0.1) is 0 Å². The molecule has 3 aromatic rings. The van der Waals surface area contributed by atoms with Gasteiger partial charge < -0.3 is 15.4 Å². The fourth-order valence-corrected chi connectivity index (χ4v) is 2.52. The van der Waals surface area contributed by atoms with E-state index in [0.29, 0.717) is 33.5 Å². The number of nitriles is 1. The van der Waals surface area contributed by atoms with Gasteiger partial charge in [-0.25, -0.2) is 9.97 Å². The highest BCUT2D eigenvalue weighted by atomic mass is 35.5. The summed E-state index contributed by atoms with van der Waals surface area (Å²) >= 11 is 6.09. The van der Waals surface area contributed by atoms with E-state index >= 15 is 0 Å². The summed E-state index contributed by atoms with van der Waals surface area (Å²) in [5.74, 6) is 0.608. The van der Waals surface area contributed by atoms with Gasteiger partial charge in [-0.3, -0.25) is 4.79 Å². The monoisotopic (exact) mass is 379 g/mol. The second kappa shape index (κ2) is 8.17. The number of nitrogens with one attached hydrogen (secondary N) is 2. The minimum atomic E-state index is -0.420. The lowest BCUT2D eigenvalue weighted by Crippen LogP contribution is -2.14. The van der Waals surface area contributed by atoms with Crippen molar-refractivity contribution < 1.29 is 9.53 Å². The van der Waals surface area contributed by atoms with Crippen molar-refractivity contribution in [3.8, 4) is 11.8 Å². The molecule has 0 saturated heterocycles. The van der Waals surface area contributed by atoms with Crippen molar-refractivity contribution in [1.82, 2.24) is 9.97 Å². The summed E-state index contributed by atoms with van der Waals surface area (Å²) in [4.78, 5) is 20.5. The van der Waals surface area contributed by atoms with Crippen LogP contribution in [0.25, 0.3) is 0 Å². The Labute approximate surface area is 160 Å². The summed E-state index contributed by atoms with van der Waals surface area (Å²) in [6.45, 7) is 0. The Balaban J connectivity index is 1.68.